The molecule has 0 radical (unpaired) electrons. The molecular formula is C22H27N2O3S+. The lowest BCUT2D eigenvalue weighted by Gasteiger charge is -2.32. The molecule has 0 bridgehead atoms. The number of ether oxygens (including phenoxy) is 2. The van der Waals surface area contributed by atoms with Crippen molar-refractivity contribution in [1.82, 2.24) is 4.90 Å². The summed E-state index contributed by atoms with van der Waals surface area (Å²) in [5.41, 5.74) is 2.70. The number of quaternary nitrogens is 1. The van der Waals surface area contributed by atoms with Crippen LogP contribution in [0.5, 0.6) is 11.5 Å². The Bertz CT molecular complexity index is 817. The molecule has 1 saturated heterocycles. The summed E-state index contributed by atoms with van der Waals surface area (Å²) in [6.07, 6.45) is 1.02. The summed E-state index contributed by atoms with van der Waals surface area (Å²) in [6, 6.07) is 14.4. The fourth-order valence-corrected chi connectivity index (χ4v) is 4.60. The molecule has 2 aliphatic heterocycles. The second-order valence-electron chi connectivity index (χ2n) is 7.31. The highest BCUT2D eigenvalue weighted by atomic mass is 32.2. The fourth-order valence-electron chi connectivity index (χ4n) is 3.80. The third-order valence-corrected chi connectivity index (χ3v) is 6.45. The number of methoxy groups -OCH3 is 1. The molecule has 4 rings (SSSR count). The number of rotatable bonds is 6. The van der Waals surface area contributed by atoms with E-state index in [1.807, 2.05) is 29.2 Å². The number of amides is 1. The van der Waals surface area contributed by atoms with Gasteiger partial charge < -0.3 is 19.3 Å². The molecule has 28 heavy (non-hydrogen) atoms. The molecule has 0 atom stereocenters. The number of nitrogens with zero attached hydrogens (tertiary/aromatic N) is 1. The molecule has 0 unspecified atom stereocenters. The van der Waals surface area contributed by atoms with Crippen molar-refractivity contribution in [2.45, 2.75) is 17.9 Å². The minimum absolute atomic E-state index is 0.231. The van der Waals surface area contributed by atoms with Gasteiger partial charge in [-0.25, -0.2) is 0 Å². The van der Waals surface area contributed by atoms with Crippen LogP contribution in [0.1, 0.15) is 11.1 Å². The van der Waals surface area contributed by atoms with Gasteiger partial charge in [0.1, 0.15) is 18.0 Å². The first-order valence-electron chi connectivity index (χ1n) is 9.84. The summed E-state index contributed by atoms with van der Waals surface area (Å²) >= 11 is 1.59. The Labute approximate surface area is 170 Å². The maximum absolute atomic E-state index is 12.5. The standard InChI is InChI=1S/C22H26N2O3S/c1-26-19-3-5-20(6-4-19)28-16-22(25)24-11-9-23(10-12-24)15-17-2-7-21-18(14-17)8-13-27-21/h2-7,14H,8-13,15-16H2,1H3/p+1. The van der Waals surface area contributed by atoms with E-state index in [2.05, 4.69) is 18.2 Å². The van der Waals surface area contributed by atoms with Gasteiger partial charge in [-0.1, -0.05) is 0 Å². The van der Waals surface area contributed by atoms with E-state index < -0.39 is 0 Å². The molecule has 0 aliphatic carbocycles. The van der Waals surface area contributed by atoms with E-state index in [0.29, 0.717) is 5.75 Å². The van der Waals surface area contributed by atoms with Crippen LogP contribution in [0.25, 0.3) is 0 Å². The number of benzene rings is 2. The first-order chi connectivity index (χ1) is 13.7. The minimum Gasteiger partial charge on any atom is -0.497 e. The van der Waals surface area contributed by atoms with Crippen LogP contribution in [0.2, 0.25) is 0 Å². The summed E-state index contributed by atoms with van der Waals surface area (Å²) in [7, 11) is 1.66. The Morgan fingerprint density at radius 1 is 1.18 bits per heavy atom. The molecule has 2 aliphatic rings. The van der Waals surface area contributed by atoms with Gasteiger partial charge in [0.05, 0.1) is 45.6 Å². The van der Waals surface area contributed by atoms with Crippen LogP contribution < -0.4 is 14.4 Å². The van der Waals surface area contributed by atoms with Gasteiger partial charge in [-0.3, -0.25) is 4.79 Å². The highest BCUT2D eigenvalue weighted by Crippen LogP contribution is 2.25. The van der Waals surface area contributed by atoms with Gasteiger partial charge in [0.15, 0.2) is 0 Å². The van der Waals surface area contributed by atoms with Crippen molar-refractivity contribution >= 4 is 17.7 Å². The largest absolute Gasteiger partial charge is 0.497 e. The van der Waals surface area contributed by atoms with Crippen molar-refractivity contribution in [2.75, 3.05) is 45.6 Å². The number of carbonyl (C=O) groups excluding carboxylic acids is 1. The van der Waals surface area contributed by atoms with Crippen LogP contribution in [-0.2, 0) is 17.8 Å². The van der Waals surface area contributed by atoms with E-state index in [1.54, 1.807) is 23.8 Å². The lowest BCUT2D eigenvalue weighted by atomic mass is 10.1. The number of hydrogen-bond acceptors (Lipinski definition) is 4. The summed E-state index contributed by atoms with van der Waals surface area (Å²) in [6.45, 7) is 5.52. The zero-order chi connectivity index (χ0) is 19.3. The lowest BCUT2D eigenvalue weighted by Crippen LogP contribution is -3.13. The fraction of sp³-hybridized carbons (Fsp3) is 0.409. The quantitative estimate of drug-likeness (QED) is 0.751. The third kappa shape index (κ3) is 4.62. The monoisotopic (exact) mass is 399 g/mol. The van der Waals surface area contributed by atoms with Gasteiger partial charge in [-0.15, -0.1) is 11.8 Å². The van der Waals surface area contributed by atoms with Crippen LogP contribution in [-0.4, -0.2) is 56.5 Å². The van der Waals surface area contributed by atoms with E-state index in [9.17, 15) is 4.79 Å². The third-order valence-electron chi connectivity index (χ3n) is 5.45. The lowest BCUT2D eigenvalue weighted by molar-refractivity contribution is -0.917. The van der Waals surface area contributed by atoms with E-state index in [-0.39, 0.29) is 5.91 Å². The molecule has 2 aromatic carbocycles. The predicted molar refractivity (Wildman–Crippen MR) is 110 cm³/mol. The van der Waals surface area contributed by atoms with E-state index in [0.717, 1.165) is 62.1 Å². The van der Waals surface area contributed by atoms with Crippen LogP contribution in [0.15, 0.2) is 47.4 Å². The van der Waals surface area contributed by atoms with Crippen molar-refractivity contribution in [3.05, 3.63) is 53.6 Å². The number of piperazine rings is 1. The number of nitrogens with one attached hydrogen (secondary N) is 1. The summed E-state index contributed by atoms with van der Waals surface area (Å²) in [4.78, 5) is 17.2. The van der Waals surface area contributed by atoms with Crippen molar-refractivity contribution < 1.29 is 19.2 Å². The molecule has 5 nitrogen and oxygen atoms in total. The molecule has 1 amide bonds. The molecule has 1 N–H and O–H groups in total. The molecule has 148 valence electrons. The number of fused-ring (bicyclic) bond motifs is 1. The molecule has 1 fully saturated rings. The van der Waals surface area contributed by atoms with Crippen LogP contribution in [0, 0.1) is 0 Å². The first kappa shape index (κ1) is 19.2. The van der Waals surface area contributed by atoms with Crippen LogP contribution >= 0.6 is 11.8 Å². The van der Waals surface area contributed by atoms with Gasteiger partial charge >= 0.3 is 0 Å². The zero-order valence-electron chi connectivity index (χ0n) is 16.3. The smallest absolute Gasteiger partial charge is 0.233 e. The molecule has 0 saturated carbocycles. The molecule has 6 heteroatoms. The average Bonchev–Trinajstić information content (AvgIpc) is 3.21. The van der Waals surface area contributed by atoms with Crippen LogP contribution in [0.3, 0.4) is 0 Å². The zero-order valence-corrected chi connectivity index (χ0v) is 17.1. The van der Waals surface area contributed by atoms with Crippen molar-refractivity contribution in [1.29, 1.82) is 0 Å². The Morgan fingerprint density at radius 3 is 2.71 bits per heavy atom. The topological polar surface area (TPSA) is 43.2 Å². The number of hydrogen-bond donors (Lipinski definition) is 1. The number of carbonyl (C=O) groups is 1. The first-order valence-corrected chi connectivity index (χ1v) is 10.8. The highest BCUT2D eigenvalue weighted by molar-refractivity contribution is 8.00. The van der Waals surface area contributed by atoms with Gasteiger partial charge in [-0.2, -0.15) is 0 Å². The van der Waals surface area contributed by atoms with Gasteiger partial charge in [0, 0.05) is 16.9 Å². The van der Waals surface area contributed by atoms with Crippen molar-refractivity contribution in [3.63, 3.8) is 0 Å². The highest BCUT2D eigenvalue weighted by Gasteiger charge is 2.24. The summed E-state index contributed by atoms with van der Waals surface area (Å²) in [5, 5.41) is 0. The van der Waals surface area contributed by atoms with Gasteiger partial charge in [0.2, 0.25) is 5.91 Å². The molecule has 0 aromatic heterocycles. The minimum atomic E-state index is 0.231. The normalized spacial score (nSPS) is 16.5. The Hall–Kier alpha value is -2.18. The summed E-state index contributed by atoms with van der Waals surface area (Å²) in [5.74, 6) is 2.61. The summed E-state index contributed by atoms with van der Waals surface area (Å²) < 4.78 is 10.8. The predicted octanol–water partition coefficient (Wildman–Crippen LogP) is 1.65. The molecule has 0 spiro atoms. The van der Waals surface area contributed by atoms with Crippen molar-refractivity contribution in [2.24, 2.45) is 0 Å². The Kier molecular flexibility index (Phi) is 6.07. The molecule has 2 heterocycles. The average molecular weight is 400 g/mol. The Morgan fingerprint density at radius 2 is 1.96 bits per heavy atom. The second kappa shape index (κ2) is 8.88. The Balaban J connectivity index is 1.22. The maximum Gasteiger partial charge on any atom is 0.233 e. The molecular weight excluding hydrogens is 372 g/mol. The second-order valence-corrected chi connectivity index (χ2v) is 8.36. The molecule has 2 aromatic rings. The van der Waals surface area contributed by atoms with E-state index in [1.165, 1.54) is 11.1 Å². The maximum atomic E-state index is 12.5. The van der Waals surface area contributed by atoms with Gasteiger partial charge in [0.25, 0.3) is 0 Å². The van der Waals surface area contributed by atoms with Crippen LogP contribution in [0.4, 0.5) is 0 Å². The van der Waals surface area contributed by atoms with Crippen molar-refractivity contribution in [3.8, 4) is 11.5 Å². The SMILES string of the molecule is COc1ccc(SCC(=O)N2CC[NH+](Cc3ccc4c(c3)CCO4)CC2)cc1. The number of thioether (sulfide) groups is 1. The van der Waals surface area contributed by atoms with E-state index >= 15 is 0 Å². The van der Waals surface area contributed by atoms with E-state index in [4.69, 9.17) is 9.47 Å². The van der Waals surface area contributed by atoms with Gasteiger partial charge in [-0.05, 0) is 48.0 Å².